The highest BCUT2D eigenvalue weighted by Crippen LogP contribution is 2.14. The molecule has 1 heterocycles. The van der Waals surface area contributed by atoms with Gasteiger partial charge in [0.15, 0.2) is 0 Å². The Hall–Kier alpha value is -2.34. The van der Waals surface area contributed by atoms with Crippen molar-refractivity contribution in [1.29, 1.82) is 0 Å². The lowest BCUT2D eigenvalue weighted by molar-refractivity contribution is 0.0903. The van der Waals surface area contributed by atoms with Gasteiger partial charge < -0.3 is 15.2 Å². The summed E-state index contributed by atoms with van der Waals surface area (Å²) in [5, 5.41) is 9.61. The maximum atomic E-state index is 11.9. The number of hydrogen-bond acceptors (Lipinski definition) is 4. The summed E-state index contributed by atoms with van der Waals surface area (Å²) in [5.41, 5.74) is 1.15. The van der Waals surface area contributed by atoms with Crippen LogP contribution < -0.4 is 10.6 Å². The number of aromatic nitrogens is 1. The summed E-state index contributed by atoms with van der Waals surface area (Å²) in [7, 11) is 0. The molecule has 0 unspecified atom stereocenters. The standard InChI is InChI=1S/C17H20ClN3O3/c1-11(2)9-12-10-15(24-21-12)17(23)20-8-7-19-16(22)13-5-3-4-6-14(13)18/h3-6,10-11H,7-9H2,1-2H3,(H,19,22)(H,20,23). The average molecular weight is 350 g/mol. The molecule has 2 aromatic rings. The molecule has 128 valence electrons. The van der Waals surface area contributed by atoms with E-state index in [1.54, 1.807) is 30.3 Å². The first kappa shape index (κ1) is 18.0. The number of amides is 2. The van der Waals surface area contributed by atoms with Gasteiger partial charge >= 0.3 is 0 Å². The first-order chi connectivity index (χ1) is 11.5. The van der Waals surface area contributed by atoms with Gasteiger partial charge in [0.1, 0.15) is 0 Å². The van der Waals surface area contributed by atoms with E-state index in [-0.39, 0.29) is 30.7 Å². The van der Waals surface area contributed by atoms with Crippen molar-refractivity contribution >= 4 is 23.4 Å². The van der Waals surface area contributed by atoms with Crippen LogP contribution in [0, 0.1) is 5.92 Å². The van der Waals surface area contributed by atoms with Crippen molar-refractivity contribution < 1.29 is 14.1 Å². The molecule has 0 fully saturated rings. The molecule has 0 spiro atoms. The van der Waals surface area contributed by atoms with E-state index in [0.717, 1.165) is 12.1 Å². The van der Waals surface area contributed by atoms with Gasteiger partial charge in [0.25, 0.3) is 11.8 Å². The molecule has 1 aromatic carbocycles. The second-order valence-electron chi connectivity index (χ2n) is 5.77. The van der Waals surface area contributed by atoms with Crippen LogP contribution in [0.3, 0.4) is 0 Å². The molecule has 0 aliphatic heterocycles. The Morgan fingerprint density at radius 3 is 2.50 bits per heavy atom. The predicted octanol–water partition coefficient (Wildman–Crippen LogP) is 2.69. The Balaban J connectivity index is 1.76. The molecule has 6 nitrogen and oxygen atoms in total. The molecule has 1 aromatic heterocycles. The third-order valence-electron chi connectivity index (χ3n) is 3.21. The molecule has 0 saturated heterocycles. The Morgan fingerprint density at radius 1 is 1.17 bits per heavy atom. The van der Waals surface area contributed by atoms with Crippen molar-refractivity contribution in [2.24, 2.45) is 5.92 Å². The van der Waals surface area contributed by atoms with E-state index in [1.807, 2.05) is 0 Å². The predicted molar refractivity (Wildman–Crippen MR) is 91.2 cm³/mol. The van der Waals surface area contributed by atoms with Crippen LogP contribution in [-0.4, -0.2) is 30.1 Å². The quantitative estimate of drug-likeness (QED) is 0.753. The number of halogens is 1. The van der Waals surface area contributed by atoms with E-state index >= 15 is 0 Å². The first-order valence-electron chi connectivity index (χ1n) is 7.74. The fourth-order valence-corrected chi connectivity index (χ4v) is 2.33. The van der Waals surface area contributed by atoms with E-state index in [2.05, 4.69) is 29.6 Å². The third kappa shape index (κ3) is 5.09. The fourth-order valence-electron chi connectivity index (χ4n) is 2.11. The summed E-state index contributed by atoms with van der Waals surface area (Å²) in [4.78, 5) is 23.9. The summed E-state index contributed by atoms with van der Waals surface area (Å²) < 4.78 is 5.02. The van der Waals surface area contributed by atoms with Crippen molar-refractivity contribution in [3.05, 3.63) is 52.4 Å². The SMILES string of the molecule is CC(C)Cc1cc(C(=O)NCCNC(=O)c2ccccc2Cl)on1. The zero-order chi connectivity index (χ0) is 17.5. The van der Waals surface area contributed by atoms with Crippen LogP contribution in [0.4, 0.5) is 0 Å². The lowest BCUT2D eigenvalue weighted by Gasteiger charge is -2.07. The maximum Gasteiger partial charge on any atom is 0.289 e. The summed E-state index contributed by atoms with van der Waals surface area (Å²) >= 11 is 5.95. The molecule has 7 heteroatoms. The minimum Gasteiger partial charge on any atom is -0.351 e. The third-order valence-corrected chi connectivity index (χ3v) is 3.54. The van der Waals surface area contributed by atoms with Gasteiger partial charge in [-0.2, -0.15) is 0 Å². The van der Waals surface area contributed by atoms with Gasteiger partial charge in [-0.15, -0.1) is 0 Å². The van der Waals surface area contributed by atoms with Crippen LogP contribution in [0.2, 0.25) is 5.02 Å². The second-order valence-corrected chi connectivity index (χ2v) is 6.18. The van der Waals surface area contributed by atoms with Crippen LogP contribution in [0.5, 0.6) is 0 Å². The monoisotopic (exact) mass is 349 g/mol. The number of hydrogen-bond donors (Lipinski definition) is 2. The zero-order valence-electron chi connectivity index (χ0n) is 13.6. The summed E-state index contributed by atoms with van der Waals surface area (Å²) in [6.07, 6.45) is 0.755. The minimum atomic E-state index is -0.357. The molecule has 0 aliphatic carbocycles. The van der Waals surface area contributed by atoms with Crippen molar-refractivity contribution in [2.45, 2.75) is 20.3 Å². The van der Waals surface area contributed by atoms with E-state index < -0.39 is 0 Å². The van der Waals surface area contributed by atoms with Crippen LogP contribution in [0.1, 0.15) is 40.5 Å². The summed E-state index contributed by atoms with van der Waals surface area (Å²) in [6.45, 7) is 4.68. The van der Waals surface area contributed by atoms with Crippen LogP contribution in [0.15, 0.2) is 34.9 Å². The second kappa shape index (κ2) is 8.49. The number of rotatable bonds is 7. The zero-order valence-corrected chi connectivity index (χ0v) is 14.4. The molecule has 2 N–H and O–H groups in total. The van der Waals surface area contributed by atoms with Crippen LogP contribution >= 0.6 is 11.6 Å². The number of nitrogens with one attached hydrogen (secondary N) is 2. The van der Waals surface area contributed by atoms with E-state index in [9.17, 15) is 9.59 Å². The van der Waals surface area contributed by atoms with Crippen LogP contribution in [-0.2, 0) is 6.42 Å². The smallest absolute Gasteiger partial charge is 0.289 e. The normalized spacial score (nSPS) is 10.7. The molecule has 2 rings (SSSR count). The molecule has 0 atom stereocenters. The van der Waals surface area contributed by atoms with Gasteiger partial charge in [-0.1, -0.05) is 42.7 Å². The lowest BCUT2D eigenvalue weighted by atomic mass is 10.1. The number of carbonyl (C=O) groups is 2. The maximum absolute atomic E-state index is 11.9. The lowest BCUT2D eigenvalue weighted by Crippen LogP contribution is -2.34. The number of nitrogens with zero attached hydrogens (tertiary/aromatic N) is 1. The average Bonchev–Trinajstić information content (AvgIpc) is 2.99. The first-order valence-corrected chi connectivity index (χ1v) is 8.11. The van der Waals surface area contributed by atoms with Gasteiger partial charge in [-0.3, -0.25) is 9.59 Å². The Labute approximate surface area is 145 Å². The van der Waals surface area contributed by atoms with Crippen molar-refractivity contribution in [1.82, 2.24) is 15.8 Å². The van der Waals surface area contributed by atoms with Crippen molar-refractivity contribution in [3.63, 3.8) is 0 Å². The molecular formula is C17H20ClN3O3. The van der Waals surface area contributed by atoms with Crippen molar-refractivity contribution in [3.8, 4) is 0 Å². The molecule has 0 bridgehead atoms. The van der Waals surface area contributed by atoms with Gasteiger partial charge in [0, 0.05) is 19.2 Å². The largest absolute Gasteiger partial charge is 0.351 e. The van der Waals surface area contributed by atoms with Crippen LogP contribution in [0.25, 0.3) is 0 Å². The van der Waals surface area contributed by atoms with E-state index in [4.69, 9.17) is 16.1 Å². The highest BCUT2D eigenvalue weighted by Gasteiger charge is 2.13. The molecule has 0 aliphatic rings. The summed E-state index contributed by atoms with van der Waals surface area (Å²) in [6, 6.07) is 8.42. The molecule has 0 saturated carbocycles. The molecule has 0 radical (unpaired) electrons. The molecular weight excluding hydrogens is 330 g/mol. The Bertz CT molecular complexity index is 713. The van der Waals surface area contributed by atoms with Gasteiger partial charge in [0.05, 0.1) is 16.3 Å². The highest BCUT2D eigenvalue weighted by atomic mass is 35.5. The minimum absolute atomic E-state index is 0.170. The molecule has 24 heavy (non-hydrogen) atoms. The van der Waals surface area contributed by atoms with Gasteiger partial charge in [-0.25, -0.2) is 0 Å². The van der Waals surface area contributed by atoms with Crippen molar-refractivity contribution in [2.75, 3.05) is 13.1 Å². The number of carbonyl (C=O) groups excluding carboxylic acids is 2. The fraction of sp³-hybridized carbons (Fsp3) is 0.353. The van der Waals surface area contributed by atoms with Gasteiger partial charge in [-0.05, 0) is 24.5 Å². The summed E-state index contributed by atoms with van der Waals surface area (Å²) in [5.74, 6) is -0.0349. The molecule has 2 amide bonds. The van der Waals surface area contributed by atoms with Gasteiger partial charge in [0.2, 0.25) is 5.76 Å². The number of benzene rings is 1. The topological polar surface area (TPSA) is 84.2 Å². The highest BCUT2D eigenvalue weighted by molar-refractivity contribution is 6.33. The van der Waals surface area contributed by atoms with E-state index in [1.165, 1.54) is 0 Å². The Kier molecular flexibility index (Phi) is 6.37. The Morgan fingerprint density at radius 2 is 1.83 bits per heavy atom. The van der Waals surface area contributed by atoms with E-state index in [0.29, 0.717) is 16.5 Å².